The molecule has 1 heterocycles. The second-order valence-corrected chi connectivity index (χ2v) is 6.21. The molecule has 1 saturated carbocycles. The number of amides is 1. The van der Waals surface area contributed by atoms with Crippen molar-refractivity contribution in [1.82, 2.24) is 4.90 Å². The molecule has 1 N–H and O–H groups in total. The normalized spacial score (nSPS) is 24.1. The SMILES string of the molecule is O=C(O)c1ccccc1CCC(=O)N1CC2CCCC2C1. The zero-order valence-electron chi connectivity index (χ0n) is 12.1. The van der Waals surface area contributed by atoms with Crippen molar-refractivity contribution in [3.8, 4) is 0 Å². The number of nitrogens with zero attached hydrogens (tertiary/aromatic N) is 1. The molecule has 4 nitrogen and oxygen atoms in total. The van der Waals surface area contributed by atoms with Gasteiger partial charge in [-0.3, -0.25) is 4.79 Å². The maximum Gasteiger partial charge on any atom is 0.335 e. The Balaban J connectivity index is 1.58. The van der Waals surface area contributed by atoms with E-state index in [1.54, 1.807) is 18.2 Å². The van der Waals surface area contributed by atoms with Crippen LogP contribution < -0.4 is 0 Å². The first kappa shape index (κ1) is 14.1. The monoisotopic (exact) mass is 287 g/mol. The Labute approximate surface area is 124 Å². The van der Waals surface area contributed by atoms with Crippen LogP contribution in [-0.2, 0) is 11.2 Å². The fourth-order valence-electron chi connectivity index (χ4n) is 3.79. The van der Waals surface area contributed by atoms with Gasteiger partial charge in [0.1, 0.15) is 0 Å². The van der Waals surface area contributed by atoms with Gasteiger partial charge in [0.2, 0.25) is 5.91 Å². The van der Waals surface area contributed by atoms with Crippen LogP contribution in [0.1, 0.15) is 41.6 Å². The molecule has 4 heteroatoms. The quantitative estimate of drug-likeness (QED) is 0.926. The van der Waals surface area contributed by atoms with Gasteiger partial charge in [0.15, 0.2) is 0 Å². The number of hydrogen-bond donors (Lipinski definition) is 1. The molecule has 1 amide bonds. The lowest BCUT2D eigenvalue weighted by Gasteiger charge is -2.17. The zero-order valence-corrected chi connectivity index (χ0v) is 12.1. The number of carbonyl (C=O) groups is 2. The fraction of sp³-hybridized carbons (Fsp3) is 0.529. The molecule has 21 heavy (non-hydrogen) atoms. The molecule has 0 aromatic heterocycles. The van der Waals surface area contributed by atoms with Gasteiger partial charge in [0.25, 0.3) is 0 Å². The average molecular weight is 287 g/mol. The highest BCUT2D eigenvalue weighted by Crippen LogP contribution is 2.37. The molecular formula is C17H21NO3. The van der Waals surface area contributed by atoms with Crippen molar-refractivity contribution < 1.29 is 14.7 Å². The van der Waals surface area contributed by atoms with Crippen molar-refractivity contribution in [2.45, 2.75) is 32.1 Å². The van der Waals surface area contributed by atoms with Crippen LogP contribution in [0.3, 0.4) is 0 Å². The molecule has 1 saturated heterocycles. The van der Waals surface area contributed by atoms with Gasteiger partial charge in [-0.2, -0.15) is 0 Å². The molecule has 1 aromatic rings. The topological polar surface area (TPSA) is 57.6 Å². The molecule has 2 aliphatic rings. The number of likely N-dealkylation sites (tertiary alicyclic amines) is 1. The molecule has 1 aliphatic carbocycles. The second kappa shape index (κ2) is 5.88. The van der Waals surface area contributed by atoms with Crippen LogP contribution >= 0.6 is 0 Å². The number of carboxylic acids is 1. The average Bonchev–Trinajstić information content (AvgIpc) is 3.06. The van der Waals surface area contributed by atoms with E-state index in [9.17, 15) is 9.59 Å². The van der Waals surface area contributed by atoms with Crippen LogP contribution in [0.2, 0.25) is 0 Å². The summed E-state index contributed by atoms with van der Waals surface area (Å²) in [6.45, 7) is 1.81. The van der Waals surface area contributed by atoms with E-state index in [-0.39, 0.29) is 5.91 Å². The first-order chi connectivity index (χ1) is 10.1. The lowest BCUT2D eigenvalue weighted by atomic mass is 10.0. The van der Waals surface area contributed by atoms with Gasteiger partial charge in [0.05, 0.1) is 5.56 Å². The molecule has 0 radical (unpaired) electrons. The number of benzene rings is 1. The number of fused-ring (bicyclic) bond motifs is 1. The van der Waals surface area contributed by atoms with Gasteiger partial charge >= 0.3 is 5.97 Å². The van der Waals surface area contributed by atoms with Crippen LogP contribution in [0.5, 0.6) is 0 Å². The third kappa shape index (κ3) is 2.94. The molecule has 2 fully saturated rings. The third-order valence-corrected chi connectivity index (χ3v) is 4.93. The Morgan fingerprint density at radius 1 is 1.14 bits per heavy atom. The van der Waals surface area contributed by atoms with Crippen molar-refractivity contribution >= 4 is 11.9 Å². The van der Waals surface area contributed by atoms with Gasteiger partial charge in [0, 0.05) is 19.5 Å². The van der Waals surface area contributed by atoms with Crippen LogP contribution in [0.4, 0.5) is 0 Å². The van der Waals surface area contributed by atoms with E-state index in [1.807, 2.05) is 11.0 Å². The fourth-order valence-corrected chi connectivity index (χ4v) is 3.79. The summed E-state index contributed by atoms with van der Waals surface area (Å²) in [5, 5.41) is 9.16. The Kier molecular flexibility index (Phi) is 3.95. The summed E-state index contributed by atoms with van der Waals surface area (Å²) in [6, 6.07) is 6.95. The summed E-state index contributed by atoms with van der Waals surface area (Å²) in [5.41, 5.74) is 1.06. The Morgan fingerprint density at radius 2 is 1.81 bits per heavy atom. The van der Waals surface area contributed by atoms with Gasteiger partial charge in [-0.1, -0.05) is 24.6 Å². The lowest BCUT2D eigenvalue weighted by molar-refractivity contribution is -0.130. The van der Waals surface area contributed by atoms with Crippen molar-refractivity contribution in [1.29, 1.82) is 0 Å². The second-order valence-electron chi connectivity index (χ2n) is 6.21. The van der Waals surface area contributed by atoms with E-state index in [0.29, 0.717) is 30.2 Å². The molecule has 1 aliphatic heterocycles. The third-order valence-electron chi connectivity index (χ3n) is 4.93. The van der Waals surface area contributed by atoms with Crippen molar-refractivity contribution in [3.63, 3.8) is 0 Å². The van der Waals surface area contributed by atoms with Crippen LogP contribution in [0, 0.1) is 11.8 Å². The molecule has 112 valence electrons. The molecule has 0 spiro atoms. The van der Waals surface area contributed by atoms with Crippen LogP contribution in [-0.4, -0.2) is 35.0 Å². The van der Waals surface area contributed by atoms with Crippen molar-refractivity contribution in [2.24, 2.45) is 11.8 Å². The number of rotatable bonds is 4. The minimum Gasteiger partial charge on any atom is -0.478 e. The number of aromatic carboxylic acids is 1. The molecular weight excluding hydrogens is 266 g/mol. The number of hydrogen-bond acceptors (Lipinski definition) is 2. The van der Waals surface area contributed by atoms with E-state index >= 15 is 0 Å². The summed E-state index contributed by atoms with van der Waals surface area (Å²) in [5.74, 6) is 0.666. The van der Waals surface area contributed by atoms with Crippen molar-refractivity contribution in [3.05, 3.63) is 35.4 Å². The molecule has 0 bridgehead atoms. The Bertz CT molecular complexity index is 543. The summed E-state index contributed by atoms with van der Waals surface area (Å²) < 4.78 is 0. The molecule has 3 rings (SSSR count). The highest BCUT2D eigenvalue weighted by molar-refractivity contribution is 5.89. The smallest absolute Gasteiger partial charge is 0.335 e. The Hall–Kier alpha value is -1.84. The van der Waals surface area contributed by atoms with E-state index in [2.05, 4.69) is 0 Å². The molecule has 1 aromatic carbocycles. The summed E-state index contributed by atoms with van der Waals surface area (Å²) >= 11 is 0. The van der Waals surface area contributed by atoms with E-state index in [0.717, 1.165) is 18.7 Å². The lowest BCUT2D eigenvalue weighted by Crippen LogP contribution is -2.29. The van der Waals surface area contributed by atoms with Gasteiger partial charge in [-0.05, 0) is 42.7 Å². The number of carbonyl (C=O) groups excluding carboxylic acids is 1. The minimum absolute atomic E-state index is 0.171. The molecule has 2 unspecified atom stereocenters. The summed E-state index contributed by atoms with van der Waals surface area (Å²) in [6.07, 6.45) is 4.74. The number of aryl methyl sites for hydroxylation is 1. The summed E-state index contributed by atoms with van der Waals surface area (Å²) in [4.78, 5) is 25.5. The van der Waals surface area contributed by atoms with E-state index in [1.165, 1.54) is 19.3 Å². The Morgan fingerprint density at radius 3 is 2.48 bits per heavy atom. The zero-order chi connectivity index (χ0) is 14.8. The van der Waals surface area contributed by atoms with Gasteiger partial charge in [-0.15, -0.1) is 0 Å². The number of carboxylic acid groups (broad SMARTS) is 1. The summed E-state index contributed by atoms with van der Waals surface area (Å²) in [7, 11) is 0. The first-order valence-corrected chi connectivity index (χ1v) is 7.74. The maximum atomic E-state index is 12.3. The van der Waals surface area contributed by atoms with Crippen LogP contribution in [0.25, 0.3) is 0 Å². The van der Waals surface area contributed by atoms with E-state index < -0.39 is 5.97 Å². The largest absolute Gasteiger partial charge is 0.478 e. The predicted octanol–water partition coefficient (Wildman–Crippen LogP) is 2.58. The standard InChI is InChI=1S/C17H21NO3/c19-16(18-10-13-5-3-6-14(13)11-18)9-8-12-4-1-2-7-15(12)17(20)21/h1-2,4,7,13-14H,3,5-6,8-11H2,(H,20,21). The van der Waals surface area contributed by atoms with Gasteiger partial charge < -0.3 is 10.0 Å². The highest BCUT2D eigenvalue weighted by Gasteiger charge is 2.37. The van der Waals surface area contributed by atoms with Crippen molar-refractivity contribution in [2.75, 3.05) is 13.1 Å². The minimum atomic E-state index is -0.922. The maximum absolute atomic E-state index is 12.3. The van der Waals surface area contributed by atoms with E-state index in [4.69, 9.17) is 5.11 Å². The first-order valence-electron chi connectivity index (χ1n) is 7.74. The van der Waals surface area contributed by atoms with Crippen LogP contribution in [0.15, 0.2) is 24.3 Å². The van der Waals surface area contributed by atoms with Gasteiger partial charge in [-0.25, -0.2) is 4.79 Å². The predicted molar refractivity (Wildman–Crippen MR) is 79.1 cm³/mol. The highest BCUT2D eigenvalue weighted by atomic mass is 16.4. The molecule has 2 atom stereocenters.